The van der Waals surface area contributed by atoms with Crippen LogP contribution in [-0.2, 0) is 4.74 Å². The number of phenols is 1. The van der Waals surface area contributed by atoms with Crippen LogP contribution in [0.4, 0.5) is 17.2 Å². The Hall–Kier alpha value is -3.25. The third kappa shape index (κ3) is 4.02. The molecule has 3 aromatic rings. The number of hydrogen-bond acceptors (Lipinski definition) is 6. The number of rotatable bonds is 5. The van der Waals surface area contributed by atoms with E-state index in [1.54, 1.807) is 37.3 Å². The molecule has 0 bridgehead atoms. The number of hydrogen-bond donors (Lipinski definition) is 2. The molecule has 3 N–H and O–H groups in total. The van der Waals surface area contributed by atoms with E-state index in [0.717, 1.165) is 11.4 Å². The molecule has 2 aromatic carbocycles. The summed E-state index contributed by atoms with van der Waals surface area (Å²) in [6, 6.07) is 15.8. The molecule has 0 fully saturated rings. The molecule has 1 heterocycles. The molecule has 3 rings (SSSR count). The zero-order chi connectivity index (χ0) is 20.3. The second kappa shape index (κ2) is 8.19. The summed E-state index contributed by atoms with van der Waals surface area (Å²) >= 11 is 5.95. The van der Waals surface area contributed by atoms with Crippen molar-refractivity contribution in [2.45, 2.75) is 6.92 Å². The standard InChI is InChI=1S/C21H20ClN3O3/c1-3-28-21(27)16-9-10-18(24-20(16)23)17-12-15(8-11-19(17)26)25(2)14-6-4-13(22)5-7-14/h4-12,26H,3H2,1-2H3,(H2,23,24). The molecule has 144 valence electrons. The second-order valence-electron chi connectivity index (χ2n) is 6.09. The maximum absolute atomic E-state index is 11.9. The summed E-state index contributed by atoms with van der Waals surface area (Å²) in [7, 11) is 1.91. The predicted molar refractivity (Wildman–Crippen MR) is 111 cm³/mol. The van der Waals surface area contributed by atoms with Crippen LogP contribution in [0, 0.1) is 0 Å². The Balaban J connectivity index is 1.96. The molecule has 0 amide bonds. The highest BCUT2D eigenvalue weighted by Crippen LogP contribution is 2.35. The SMILES string of the molecule is CCOC(=O)c1ccc(-c2cc(N(C)c3ccc(Cl)cc3)ccc2O)nc1N. The molecule has 0 spiro atoms. The molecular weight excluding hydrogens is 378 g/mol. The van der Waals surface area contributed by atoms with Crippen molar-refractivity contribution < 1.29 is 14.6 Å². The van der Waals surface area contributed by atoms with Crippen LogP contribution in [-0.4, -0.2) is 29.7 Å². The predicted octanol–water partition coefficient (Wildman–Crippen LogP) is 4.63. The zero-order valence-corrected chi connectivity index (χ0v) is 16.3. The Morgan fingerprint density at radius 2 is 1.82 bits per heavy atom. The van der Waals surface area contributed by atoms with E-state index < -0.39 is 5.97 Å². The van der Waals surface area contributed by atoms with Crippen LogP contribution in [0.15, 0.2) is 54.6 Å². The zero-order valence-electron chi connectivity index (χ0n) is 15.5. The van der Waals surface area contributed by atoms with Gasteiger partial charge in [0.1, 0.15) is 17.1 Å². The molecular formula is C21H20ClN3O3. The molecule has 6 nitrogen and oxygen atoms in total. The quantitative estimate of drug-likeness (QED) is 0.610. The summed E-state index contributed by atoms with van der Waals surface area (Å²) in [5.74, 6) is -0.421. The van der Waals surface area contributed by atoms with E-state index in [0.29, 0.717) is 16.3 Å². The minimum atomic E-state index is -0.528. The maximum Gasteiger partial charge on any atom is 0.341 e. The van der Waals surface area contributed by atoms with Gasteiger partial charge in [-0.05, 0) is 61.5 Å². The maximum atomic E-state index is 11.9. The number of benzene rings is 2. The van der Waals surface area contributed by atoms with E-state index in [-0.39, 0.29) is 23.7 Å². The smallest absolute Gasteiger partial charge is 0.341 e. The molecule has 28 heavy (non-hydrogen) atoms. The molecule has 0 aliphatic carbocycles. The first kappa shape index (κ1) is 19.5. The first-order valence-electron chi connectivity index (χ1n) is 8.67. The van der Waals surface area contributed by atoms with Crippen LogP contribution in [0.3, 0.4) is 0 Å². The fourth-order valence-electron chi connectivity index (χ4n) is 2.76. The first-order valence-corrected chi connectivity index (χ1v) is 9.04. The lowest BCUT2D eigenvalue weighted by Crippen LogP contribution is -2.10. The third-order valence-corrected chi connectivity index (χ3v) is 4.53. The Kier molecular flexibility index (Phi) is 5.70. The third-order valence-electron chi connectivity index (χ3n) is 4.28. The molecule has 0 atom stereocenters. The van der Waals surface area contributed by atoms with E-state index in [1.807, 2.05) is 36.2 Å². The van der Waals surface area contributed by atoms with Gasteiger partial charge in [0.15, 0.2) is 0 Å². The Bertz CT molecular complexity index is 1010. The number of carbonyl (C=O) groups excluding carboxylic acids is 1. The minimum Gasteiger partial charge on any atom is -0.507 e. The van der Waals surface area contributed by atoms with E-state index >= 15 is 0 Å². The number of esters is 1. The highest BCUT2D eigenvalue weighted by molar-refractivity contribution is 6.30. The van der Waals surface area contributed by atoms with Crippen molar-refractivity contribution >= 4 is 34.8 Å². The van der Waals surface area contributed by atoms with Crippen LogP contribution < -0.4 is 10.6 Å². The summed E-state index contributed by atoms with van der Waals surface area (Å²) in [4.78, 5) is 18.1. The van der Waals surface area contributed by atoms with E-state index in [2.05, 4.69) is 4.98 Å². The average molecular weight is 398 g/mol. The van der Waals surface area contributed by atoms with Crippen LogP contribution in [0.25, 0.3) is 11.3 Å². The van der Waals surface area contributed by atoms with Gasteiger partial charge in [-0.1, -0.05) is 11.6 Å². The van der Waals surface area contributed by atoms with Gasteiger partial charge >= 0.3 is 5.97 Å². The van der Waals surface area contributed by atoms with Crippen LogP contribution >= 0.6 is 11.6 Å². The lowest BCUT2D eigenvalue weighted by Gasteiger charge is -2.21. The number of nitrogen functional groups attached to an aromatic ring is 1. The number of halogens is 1. The second-order valence-corrected chi connectivity index (χ2v) is 6.52. The van der Waals surface area contributed by atoms with Crippen molar-refractivity contribution in [2.24, 2.45) is 0 Å². The van der Waals surface area contributed by atoms with Gasteiger partial charge in [-0.3, -0.25) is 0 Å². The van der Waals surface area contributed by atoms with Gasteiger partial charge in [0.2, 0.25) is 0 Å². The van der Waals surface area contributed by atoms with Gasteiger partial charge in [0.05, 0.1) is 12.3 Å². The molecule has 7 heteroatoms. The largest absolute Gasteiger partial charge is 0.507 e. The van der Waals surface area contributed by atoms with Gasteiger partial charge in [0.25, 0.3) is 0 Å². The molecule has 0 aliphatic rings. The number of nitrogens with two attached hydrogens (primary N) is 1. The van der Waals surface area contributed by atoms with E-state index in [4.69, 9.17) is 22.1 Å². The Labute approximate surface area is 168 Å². The van der Waals surface area contributed by atoms with Crippen molar-refractivity contribution in [3.8, 4) is 17.0 Å². The molecule has 0 radical (unpaired) electrons. The molecule has 1 aromatic heterocycles. The topological polar surface area (TPSA) is 88.7 Å². The van der Waals surface area contributed by atoms with Crippen LogP contribution in [0.1, 0.15) is 17.3 Å². The van der Waals surface area contributed by atoms with Crippen molar-refractivity contribution in [3.05, 3.63) is 65.2 Å². The van der Waals surface area contributed by atoms with Crippen LogP contribution in [0.2, 0.25) is 5.02 Å². The van der Waals surface area contributed by atoms with Gasteiger partial charge in [-0.2, -0.15) is 0 Å². The van der Waals surface area contributed by atoms with Gasteiger partial charge in [-0.25, -0.2) is 9.78 Å². The minimum absolute atomic E-state index is 0.0480. The summed E-state index contributed by atoms with van der Waals surface area (Å²) in [6.45, 7) is 1.97. The van der Waals surface area contributed by atoms with Gasteiger partial charge in [0, 0.05) is 29.0 Å². The number of carbonyl (C=O) groups is 1. The summed E-state index contributed by atoms with van der Waals surface area (Å²) in [5.41, 5.74) is 8.85. The van der Waals surface area contributed by atoms with E-state index in [9.17, 15) is 9.90 Å². The van der Waals surface area contributed by atoms with Crippen molar-refractivity contribution in [2.75, 3.05) is 24.3 Å². The Morgan fingerprint density at radius 3 is 2.46 bits per heavy atom. The number of aromatic hydroxyl groups is 1. The number of aromatic nitrogens is 1. The lowest BCUT2D eigenvalue weighted by atomic mass is 10.1. The molecule has 0 aliphatic heterocycles. The van der Waals surface area contributed by atoms with Gasteiger partial charge < -0.3 is 20.5 Å². The number of nitrogens with zero attached hydrogens (tertiary/aromatic N) is 2. The highest BCUT2D eigenvalue weighted by Gasteiger charge is 2.16. The monoisotopic (exact) mass is 397 g/mol. The van der Waals surface area contributed by atoms with Crippen molar-refractivity contribution in [1.29, 1.82) is 0 Å². The summed E-state index contributed by atoms with van der Waals surface area (Å²) < 4.78 is 4.96. The number of pyridine rings is 1. The normalized spacial score (nSPS) is 10.5. The van der Waals surface area contributed by atoms with E-state index in [1.165, 1.54) is 0 Å². The van der Waals surface area contributed by atoms with Crippen molar-refractivity contribution in [1.82, 2.24) is 4.98 Å². The molecule has 0 saturated carbocycles. The summed E-state index contributed by atoms with van der Waals surface area (Å²) in [6.07, 6.45) is 0. The molecule has 0 unspecified atom stereocenters. The molecule has 0 saturated heterocycles. The van der Waals surface area contributed by atoms with Gasteiger partial charge in [-0.15, -0.1) is 0 Å². The fourth-order valence-corrected chi connectivity index (χ4v) is 2.88. The number of phenolic OH excluding ortho intramolecular Hbond substituents is 1. The fraction of sp³-hybridized carbons (Fsp3) is 0.143. The summed E-state index contributed by atoms with van der Waals surface area (Å²) in [5, 5.41) is 11.0. The van der Waals surface area contributed by atoms with Crippen LogP contribution in [0.5, 0.6) is 5.75 Å². The average Bonchev–Trinajstić information content (AvgIpc) is 2.68. The number of ether oxygens (including phenoxy) is 1. The Morgan fingerprint density at radius 1 is 1.14 bits per heavy atom. The first-order chi connectivity index (χ1) is 13.4. The highest BCUT2D eigenvalue weighted by atomic mass is 35.5. The number of anilines is 3. The lowest BCUT2D eigenvalue weighted by molar-refractivity contribution is 0.0527. The van der Waals surface area contributed by atoms with Crippen molar-refractivity contribution in [3.63, 3.8) is 0 Å².